The third-order valence-corrected chi connectivity index (χ3v) is 2.81. The number of amides is 1. The summed E-state index contributed by atoms with van der Waals surface area (Å²) in [6.45, 7) is 5.28. The highest BCUT2D eigenvalue weighted by atomic mass is 79.9. The Morgan fingerprint density at radius 2 is 2.18 bits per heavy atom. The van der Waals surface area contributed by atoms with E-state index < -0.39 is 0 Å². The first-order valence-electron chi connectivity index (χ1n) is 5.47. The molecule has 1 aromatic carbocycles. The van der Waals surface area contributed by atoms with Crippen LogP contribution in [0.2, 0.25) is 0 Å². The fourth-order valence-electron chi connectivity index (χ4n) is 1.25. The van der Waals surface area contributed by atoms with E-state index in [-0.39, 0.29) is 5.91 Å². The number of carbonyl (C=O) groups excluding carboxylic acids is 1. The molecule has 0 saturated heterocycles. The molecule has 0 aromatic heterocycles. The van der Waals surface area contributed by atoms with Gasteiger partial charge in [-0.05, 0) is 34.5 Å². The lowest BCUT2D eigenvalue weighted by Crippen LogP contribution is -2.27. The van der Waals surface area contributed by atoms with E-state index >= 15 is 0 Å². The monoisotopic (exact) mass is 297 g/mol. The van der Waals surface area contributed by atoms with Crippen LogP contribution in [0.25, 0.3) is 0 Å². The van der Waals surface area contributed by atoms with Gasteiger partial charge in [-0.2, -0.15) is 0 Å². The molecule has 92 valence electrons. The summed E-state index contributed by atoms with van der Waals surface area (Å²) in [7, 11) is 0. The maximum absolute atomic E-state index is 11.7. The Morgan fingerprint density at radius 1 is 1.41 bits per heavy atom. The lowest BCUT2D eigenvalue weighted by Gasteiger charge is -2.07. The van der Waals surface area contributed by atoms with Gasteiger partial charge in [-0.25, -0.2) is 0 Å². The molecular weight excluding hydrogens is 282 g/mol. The van der Waals surface area contributed by atoms with Crippen LogP contribution in [-0.2, 0) is 4.74 Å². The van der Waals surface area contributed by atoms with Crippen LogP contribution in [0.15, 0.2) is 41.4 Å². The van der Waals surface area contributed by atoms with E-state index in [1.807, 2.05) is 18.2 Å². The molecule has 0 saturated carbocycles. The summed E-state index contributed by atoms with van der Waals surface area (Å²) >= 11 is 3.34. The molecule has 0 unspecified atom stereocenters. The molecule has 0 aliphatic rings. The van der Waals surface area contributed by atoms with Crippen LogP contribution in [0, 0.1) is 0 Å². The number of ether oxygens (including phenoxy) is 1. The van der Waals surface area contributed by atoms with Crippen molar-refractivity contribution in [1.29, 1.82) is 0 Å². The molecule has 1 aromatic rings. The van der Waals surface area contributed by atoms with Crippen LogP contribution in [0.3, 0.4) is 0 Å². The predicted octanol–water partition coefficient (Wildman–Crippen LogP) is 2.77. The van der Waals surface area contributed by atoms with Crippen molar-refractivity contribution in [3.05, 3.63) is 47.0 Å². The number of hydrogen-bond donors (Lipinski definition) is 1. The number of benzene rings is 1. The van der Waals surface area contributed by atoms with Crippen molar-refractivity contribution in [3.8, 4) is 0 Å². The fraction of sp³-hybridized carbons (Fsp3) is 0.308. The molecule has 0 radical (unpaired) electrons. The first-order chi connectivity index (χ1) is 8.25. The number of hydrogen-bond acceptors (Lipinski definition) is 2. The van der Waals surface area contributed by atoms with E-state index in [1.165, 1.54) is 0 Å². The summed E-state index contributed by atoms with van der Waals surface area (Å²) in [4.78, 5) is 11.7. The van der Waals surface area contributed by atoms with Crippen LogP contribution in [0.5, 0.6) is 0 Å². The van der Waals surface area contributed by atoms with Gasteiger partial charge in [-0.3, -0.25) is 4.79 Å². The van der Waals surface area contributed by atoms with Gasteiger partial charge in [0.2, 0.25) is 0 Å². The van der Waals surface area contributed by atoms with Crippen molar-refractivity contribution in [1.82, 2.24) is 5.32 Å². The van der Waals surface area contributed by atoms with Gasteiger partial charge < -0.3 is 10.1 Å². The molecule has 1 N–H and O–H groups in total. The van der Waals surface area contributed by atoms with E-state index in [0.717, 1.165) is 10.9 Å². The van der Waals surface area contributed by atoms with Crippen molar-refractivity contribution in [2.75, 3.05) is 19.8 Å². The SMILES string of the molecule is C=CCCOCCNC(=O)c1ccccc1Br. The molecular formula is C13H16BrNO2. The van der Waals surface area contributed by atoms with E-state index in [9.17, 15) is 4.79 Å². The van der Waals surface area contributed by atoms with Gasteiger partial charge in [0, 0.05) is 11.0 Å². The summed E-state index contributed by atoms with van der Waals surface area (Å²) < 4.78 is 6.09. The summed E-state index contributed by atoms with van der Waals surface area (Å²) in [6, 6.07) is 7.33. The molecule has 3 nitrogen and oxygen atoms in total. The Bertz CT molecular complexity index is 379. The van der Waals surface area contributed by atoms with Crippen molar-refractivity contribution < 1.29 is 9.53 Å². The highest BCUT2D eigenvalue weighted by Crippen LogP contribution is 2.15. The minimum atomic E-state index is -0.0928. The molecule has 1 amide bonds. The van der Waals surface area contributed by atoms with Crippen LogP contribution in [-0.4, -0.2) is 25.7 Å². The Labute approximate surface area is 110 Å². The molecule has 0 fully saturated rings. The molecule has 0 heterocycles. The molecule has 0 aliphatic heterocycles. The Balaban J connectivity index is 2.26. The van der Waals surface area contributed by atoms with E-state index in [1.54, 1.807) is 12.1 Å². The quantitative estimate of drug-likeness (QED) is 0.621. The van der Waals surface area contributed by atoms with Gasteiger partial charge in [-0.15, -0.1) is 6.58 Å². The fourth-order valence-corrected chi connectivity index (χ4v) is 1.71. The van der Waals surface area contributed by atoms with Gasteiger partial charge in [0.1, 0.15) is 0 Å². The Kier molecular flexibility index (Phi) is 6.58. The Hall–Kier alpha value is -1.13. The second kappa shape index (κ2) is 8.03. The van der Waals surface area contributed by atoms with Gasteiger partial charge in [-0.1, -0.05) is 18.2 Å². The molecule has 1 rings (SSSR count). The largest absolute Gasteiger partial charge is 0.379 e. The standard InChI is InChI=1S/C13H16BrNO2/c1-2-3-9-17-10-8-15-13(16)11-6-4-5-7-12(11)14/h2,4-7H,1,3,8-10H2,(H,15,16). The van der Waals surface area contributed by atoms with Crippen LogP contribution < -0.4 is 5.32 Å². The Morgan fingerprint density at radius 3 is 2.88 bits per heavy atom. The van der Waals surface area contributed by atoms with Crippen molar-refractivity contribution in [2.45, 2.75) is 6.42 Å². The van der Waals surface area contributed by atoms with Gasteiger partial charge in [0.15, 0.2) is 0 Å². The van der Waals surface area contributed by atoms with Crippen molar-refractivity contribution in [3.63, 3.8) is 0 Å². The van der Waals surface area contributed by atoms with Gasteiger partial charge in [0.05, 0.1) is 18.8 Å². The second-order valence-corrected chi connectivity index (χ2v) is 4.28. The first-order valence-corrected chi connectivity index (χ1v) is 6.26. The van der Waals surface area contributed by atoms with Crippen LogP contribution >= 0.6 is 15.9 Å². The minimum absolute atomic E-state index is 0.0928. The topological polar surface area (TPSA) is 38.3 Å². The van der Waals surface area contributed by atoms with Gasteiger partial charge in [0.25, 0.3) is 5.91 Å². The molecule has 4 heteroatoms. The van der Waals surface area contributed by atoms with E-state index in [4.69, 9.17) is 4.74 Å². The summed E-state index contributed by atoms with van der Waals surface area (Å²) in [5.74, 6) is -0.0928. The maximum Gasteiger partial charge on any atom is 0.252 e. The normalized spacial score (nSPS) is 9.94. The molecule has 17 heavy (non-hydrogen) atoms. The summed E-state index contributed by atoms with van der Waals surface area (Å²) in [5, 5.41) is 2.80. The second-order valence-electron chi connectivity index (χ2n) is 3.43. The zero-order valence-corrected chi connectivity index (χ0v) is 11.2. The zero-order chi connectivity index (χ0) is 12.5. The van der Waals surface area contributed by atoms with E-state index in [2.05, 4.69) is 27.8 Å². The van der Waals surface area contributed by atoms with Crippen LogP contribution in [0.1, 0.15) is 16.8 Å². The van der Waals surface area contributed by atoms with Crippen molar-refractivity contribution >= 4 is 21.8 Å². The highest BCUT2D eigenvalue weighted by Gasteiger charge is 2.07. The predicted molar refractivity (Wildman–Crippen MR) is 72.1 cm³/mol. The smallest absolute Gasteiger partial charge is 0.252 e. The minimum Gasteiger partial charge on any atom is -0.379 e. The summed E-state index contributed by atoms with van der Waals surface area (Å²) in [6.07, 6.45) is 2.64. The number of carbonyl (C=O) groups is 1. The number of rotatable bonds is 7. The van der Waals surface area contributed by atoms with Crippen LogP contribution in [0.4, 0.5) is 0 Å². The molecule has 0 spiro atoms. The average Bonchev–Trinajstić information content (AvgIpc) is 2.34. The molecule has 0 bridgehead atoms. The summed E-state index contributed by atoms with van der Waals surface area (Å²) in [5.41, 5.74) is 0.638. The number of halogens is 1. The third kappa shape index (κ3) is 5.15. The lowest BCUT2D eigenvalue weighted by atomic mass is 10.2. The first kappa shape index (κ1) is 13.9. The lowest BCUT2D eigenvalue weighted by molar-refractivity contribution is 0.0917. The maximum atomic E-state index is 11.7. The molecule has 0 atom stereocenters. The highest BCUT2D eigenvalue weighted by molar-refractivity contribution is 9.10. The molecule has 0 aliphatic carbocycles. The average molecular weight is 298 g/mol. The third-order valence-electron chi connectivity index (χ3n) is 2.12. The van der Waals surface area contributed by atoms with Crippen molar-refractivity contribution in [2.24, 2.45) is 0 Å². The van der Waals surface area contributed by atoms with Gasteiger partial charge >= 0.3 is 0 Å². The number of nitrogens with one attached hydrogen (secondary N) is 1. The zero-order valence-electron chi connectivity index (χ0n) is 9.62. The van der Waals surface area contributed by atoms with E-state index in [0.29, 0.717) is 25.3 Å².